The van der Waals surface area contributed by atoms with Gasteiger partial charge >= 0.3 is 0 Å². The molecule has 0 aliphatic heterocycles. The van der Waals surface area contributed by atoms with Crippen LogP contribution in [0.3, 0.4) is 0 Å². The van der Waals surface area contributed by atoms with E-state index < -0.39 is 23.2 Å². The van der Waals surface area contributed by atoms with Crippen molar-refractivity contribution in [2.45, 2.75) is 33.7 Å². The number of rotatable bonds is 5. The molecule has 0 heterocycles. The van der Waals surface area contributed by atoms with Crippen LogP contribution in [-0.4, -0.2) is 23.4 Å². The van der Waals surface area contributed by atoms with Crippen LogP contribution in [0.25, 0.3) is 0 Å². The molecule has 0 aromatic heterocycles. The average Bonchev–Trinajstić information content (AvgIpc) is 2.34. The summed E-state index contributed by atoms with van der Waals surface area (Å²) in [6.07, 6.45) is 0. The van der Waals surface area contributed by atoms with Gasteiger partial charge in [0.25, 0.3) is 5.91 Å². The van der Waals surface area contributed by atoms with Gasteiger partial charge in [0.2, 0.25) is 0 Å². The molecule has 4 nitrogen and oxygen atoms in total. The van der Waals surface area contributed by atoms with Gasteiger partial charge in [0.05, 0.1) is 0 Å². The average molecular weight is 285 g/mol. The zero-order valence-corrected chi connectivity index (χ0v) is 12.2. The van der Waals surface area contributed by atoms with Crippen molar-refractivity contribution in [1.29, 1.82) is 0 Å². The SMILES string of the molecule is CC(C)CN(C(=O)c1cc(F)c(NN)c(F)c1)C(C)C. The summed E-state index contributed by atoms with van der Waals surface area (Å²) in [6.45, 7) is 8.21. The molecule has 0 bridgehead atoms. The lowest BCUT2D eigenvalue weighted by Gasteiger charge is -2.28. The molecule has 0 atom stereocenters. The Bertz CT molecular complexity index is 466. The van der Waals surface area contributed by atoms with E-state index in [1.807, 2.05) is 33.1 Å². The quantitative estimate of drug-likeness (QED) is 0.646. The molecule has 0 fully saturated rings. The molecule has 1 aromatic carbocycles. The number of hydrazine groups is 1. The van der Waals surface area contributed by atoms with Gasteiger partial charge in [0.15, 0.2) is 11.6 Å². The largest absolute Gasteiger partial charge is 0.336 e. The molecule has 0 saturated heterocycles. The molecule has 20 heavy (non-hydrogen) atoms. The first kappa shape index (κ1) is 16.4. The van der Waals surface area contributed by atoms with Crippen LogP contribution in [0.2, 0.25) is 0 Å². The van der Waals surface area contributed by atoms with Crippen LogP contribution in [0.5, 0.6) is 0 Å². The summed E-state index contributed by atoms with van der Waals surface area (Å²) in [5.41, 5.74) is 1.48. The number of hydrogen-bond donors (Lipinski definition) is 2. The van der Waals surface area contributed by atoms with Gasteiger partial charge in [-0.1, -0.05) is 13.8 Å². The maximum absolute atomic E-state index is 13.6. The van der Waals surface area contributed by atoms with Crippen LogP contribution in [0.1, 0.15) is 38.1 Å². The summed E-state index contributed by atoms with van der Waals surface area (Å²) in [6, 6.07) is 1.94. The lowest BCUT2D eigenvalue weighted by atomic mass is 10.1. The van der Waals surface area contributed by atoms with Crippen LogP contribution in [-0.2, 0) is 0 Å². The third-order valence-corrected chi connectivity index (χ3v) is 2.88. The summed E-state index contributed by atoms with van der Waals surface area (Å²) >= 11 is 0. The van der Waals surface area contributed by atoms with Crippen molar-refractivity contribution in [3.05, 3.63) is 29.3 Å². The molecule has 1 amide bonds. The minimum absolute atomic E-state index is 0.0200. The van der Waals surface area contributed by atoms with Gasteiger partial charge in [-0.2, -0.15) is 0 Å². The first-order chi connectivity index (χ1) is 9.27. The number of nitrogens with two attached hydrogens (primary N) is 1. The van der Waals surface area contributed by atoms with Crippen molar-refractivity contribution < 1.29 is 13.6 Å². The third kappa shape index (κ3) is 3.66. The van der Waals surface area contributed by atoms with Crippen LogP contribution in [0.15, 0.2) is 12.1 Å². The van der Waals surface area contributed by atoms with Crippen LogP contribution >= 0.6 is 0 Å². The lowest BCUT2D eigenvalue weighted by molar-refractivity contribution is 0.0681. The van der Waals surface area contributed by atoms with Crippen LogP contribution in [0.4, 0.5) is 14.5 Å². The van der Waals surface area contributed by atoms with E-state index in [4.69, 9.17) is 5.84 Å². The Balaban J connectivity index is 3.12. The number of amides is 1. The predicted molar refractivity (Wildman–Crippen MR) is 75.2 cm³/mol. The standard InChI is InChI=1S/C14H21F2N3O/c1-8(2)7-19(9(3)4)14(20)10-5-11(15)13(18-17)12(16)6-10/h5-6,8-9,18H,7,17H2,1-4H3. The maximum Gasteiger partial charge on any atom is 0.254 e. The van der Waals surface area contributed by atoms with E-state index in [0.717, 1.165) is 12.1 Å². The second kappa shape index (κ2) is 6.65. The molecule has 1 aromatic rings. The number of anilines is 1. The van der Waals surface area contributed by atoms with Crippen molar-refractivity contribution in [2.24, 2.45) is 11.8 Å². The molecular formula is C14H21F2N3O. The van der Waals surface area contributed by atoms with E-state index >= 15 is 0 Å². The van der Waals surface area contributed by atoms with Crippen LogP contribution in [0, 0.1) is 17.6 Å². The smallest absolute Gasteiger partial charge is 0.254 e. The molecule has 0 spiro atoms. The summed E-state index contributed by atoms with van der Waals surface area (Å²) in [4.78, 5) is 14.0. The molecular weight excluding hydrogens is 264 g/mol. The highest BCUT2D eigenvalue weighted by atomic mass is 19.1. The van der Waals surface area contributed by atoms with Crippen molar-refractivity contribution in [1.82, 2.24) is 4.90 Å². The van der Waals surface area contributed by atoms with Crippen LogP contribution < -0.4 is 11.3 Å². The Morgan fingerprint density at radius 1 is 1.25 bits per heavy atom. The van der Waals surface area contributed by atoms with E-state index in [0.29, 0.717) is 6.54 Å². The molecule has 6 heteroatoms. The van der Waals surface area contributed by atoms with E-state index in [1.165, 1.54) is 0 Å². The maximum atomic E-state index is 13.6. The normalized spacial score (nSPS) is 11.1. The van der Waals surface area contributed by atoms with Gasteiger partial charge in [-0.3, -0.25) is 10.6 Å². The van der Waals surface area contributed by atoms with Gasteiger partial charge < -0.3 is 10.3 Å². The topological polar surface area (TPSA) is 58.4 Å². The Morgan fingerprint density at radius 3 is 2.10 bits per heavy atom. The monoisotopic (exact) mass is 285 g/mol. The predicted octanol–water partition coefficient (Wildman–Crippen LogP) is 2.76. The number of nitrogens with one attached hydrogen (secondary N) is 1. The summed E-state index contributed by atoms with van der Waals surface area (Å²) in [5.74, 6) is 3.13. The van der Waals surface area contributed by atoms with Crippen molar-refractivity contribution >= 4 is 11.6 Å². The number of nitrogens with zero attached hydrogens (tertiary/aromatic N) is 1. The van der Waals surface area contributed by atoms with E-state index in [2.05, 4.69) is 0 Å². The number of benzene rings is 1. The minimum Gasteiger partial charge on any atom is -0.336 e. The highest BCUT2D eigenvalue weighted by molar-refractivity contribution is 5.94. The Morgan fingerprint density at radius 2 is 1.75 bits per heavy atom. The summed E-state index contributed by atoms with van der Waals surface area (Å²) in [5, 5.41) is 0. The zero-order valence-electron chi connectivity index (χ0n) is 12.2. The fourth-order valence-corrected chi connectivity index (χ4v) is 1.92. The molecule has 0 radical (unpaired) electrons. The Labute approximate surface area is 117 Å². The number of halogens is 2. The van der Waals surface area contributed by atoms with Crippen molar-refractivity contribution in [3.8, 4) is 0 Å². The van der Waals surface area contributed by atoms with E-state index in [-0.39, 0.29) is 17.5 Å². The summed E-state index contributed by atoms with van der Waals surface area (Å²) < 4.78 is 27.3. The molecule has 0 aliphatic rings. The number of nitrogen functional groups attached to an aromatic ring is 1. The Kier molecular flexibility index (Phi) is 5.44. The van der Waals surface area contributed by atoms with Crippen molar-refractivity contribution in [3.63, 3.8) is 0 Å². The Hall–Kier alpha value is -1.69. The molecule has 0 saturated carbocycles. The highest BCUT2D eigenvalue weighted by Gasteiger charge is 2.22. The van der Waals surface area contributed by atoms with Gasteiger partial charge in [-0.25, -0.2) is 8.78 Å². The van der Waals surface area contributed by atoms with E-state index in [1.54, 1.807) is 4.90 Å². The first-order valence-electron chi connectivity index (χ1n) is 6.54. The molecule has 1 rings (SSSR count). The van der Waals surface area contributed by atoms with E-state index in [9.17, 15) is 13.6 Å². The number of hydrogen-bond acceptors (Lipinski definition) is 3. The molecule has 3 N–H and O–H groups in total. The molecule has 0 aliphatic carbocycles. The first-order valence-corrected chi connectivity index (χ1v) is 6.54. The van der Waals surface area contributed by atoms with Gasteiger partial charge in [0.1, 0.15) is 5.69 Å². The van der Waals surface area contributed by atoms with Gasteiger partial charge in [0, 0.05) is 18.2 Å². The zero-order chi connectivity index (χ0) is 15.4. The highest BCUT2D eigenvalue weighted by Crippen LogP contribution is 2.21. The number of carbonyl (C=O) groups excluding carboxylic acids is 1. The molecule has 112 valence electrons. The van der Waals surface area contributed by atoms with Crippen molar-refractivity contribution in [2.75, 3.05) is 12.0 Å². The summed E-state index contributed by atoms with van der Waals surface area (Å²) in [7, 11) is 0. The lowest BCUT2D eigenvalue weighted by Crippen LogP contribution is -2.39. The van der Waals surface area contributed by atoms with Gasteiger partial charge in [-0.05, 0) is 31.9 Å². The fourth-order valence-electron chi connectivity index (χ4n) is 1.92. The second-order valence-electron chi connectivity index (χ2n) is 5.40. The fraction of sp³-hybridized carbons (Fsp3) is 0.500. The van der Waals surface area contributed by atoms with Gasteiger partial charge in [-0.15, -0.1) is 0 Å². The molecule has 0 unspecified atom stereocenters. The third-order valence-electron chi connectivity index (χ3n) is 2.88. The minimum atomic E-state index is -0.885. The second-order valence-corrected chi connectivity index (χ2v) is 5.40. The number of carbonyl (C=O) groups is 1.